The summed E-state index contributed by atoms with van der Waals surface area (Å²) in [6.45, 7) is 1.71. The summed E-state index contributed by atoms with van der Waals surface area (Å²) in [4.78, 5) is 12.4. The quantitative estimate of drug-likeness (QED) is 0.384. The van der Waals surface area contributed by atoms with E-state index in [-0.39, 0.29) is 18.3 Å². The molecule has 6 heteroatoms. The van der Waals surface area contributed by atoms with E-state index in [4.69, 9.17) is 13.9 Å². The number of ether oxygens (including phenoxy) is 2. The van der Waals surface area contributed by atoms with Crippen LogP contribution in [-0.2, 0) is 16.0 Å². The fourth-order valence-electron chi connectivity index (χ4n) is 3.15. The standard InChI is InChI=1S/C25H22N2O4/c1-17(24-26-27-25(31-24)21-12-14-22(29-2)15-13-21)30-23(28)16-18-8-10-20(11-9-18)19-6-4-3-5-7-19/h3-15,17H,16H2,1-2H3/t17-/m1/s1. The van der Waals surface area contributed by atoms with Crippen molar-refractivity contribution in [2.24, 2.45) is 0 Å². The number of hydrogen-bond acceptors (Lipinski definition) is 6. The Hall–Kier alpha value is -3.93. The summed E-state index contributed by atoms with van der Waals surface area (Å²) in [7, 11) is 1.60. The highest BCUT2D eigenvalue weighted by Crippen LogP contribution is 2.25. The number of nitrogens with zero attached hydrogens (tertiary/aromatic N) is 2. The van der Waals surface area contributed by atoms with Gasteiger partial charge in [-0.05, 0) is 47.9 Å². The van der Waals surface area contributed by atoms with Crippen LogP contribution in [0, 0.1) is 0 Å². The molecule has 0 aliphatic carbocycles. The van der Waals surface area contributed by atoms with Crippen LogP contribution in [-0.4, -0.2) is 23.3 Å². The van der Waals surface area contributed by atoms with E-state index in [0.717, 1.165) is 28.0 Å². The molecule has 0 aliphatic heterocycles. The summed E-state index contributed by atoms with van der Waals surface area (Å²) >= 11 is 0. The van der Waals surface area contributed by atoms with Gasteiger partial charge < -0.3 is 13.9 Å². The Morgan fingerprint density at radius 2 is 1.52 bits per heavy atom. The molecule has 0 amide bonds. The molecule has 0 fully saturated rings. The average molecular weight is 414 g/mol. The lowest BCUT2D eigenvalue weighted by atomic mass is 10.0. The molecule has 6 nitrogen and oxygen atoms in total. The lowest BCUT2D eigenvalue weighted by Crippen LogP contribution is -2.11. The van der Waals surface area contributed by atoms with Crippen molar-refractivity contribution in [2.75, 3.05) is 7.11 Å². The molecule has 156 valence electrons. The number of benzene rings is 3. The van der Waals surface area contributed by atoms with Crippen molar-refractivity contribution in [3.05, 3.63) is 90.3 Å². The Morgan fingerprint density at radius 3 is 2.19 bits per heavy atom. The van der Waals surface area contributed by atoms with Gasteiger partial charge in [0.25, 0.3) is 5.89 Å². The van der Waals surface area contributed by atoms with Crippen molar-refractivity contribution in [2.45, 2.75) is 19.4 Å². The zero-order valence-corrected chi connectivity index (χ0v) is 17.3. The largest absolute Gasteiger partial charge is 0.497 e. The smallest absolute Gasteiger partial charge is 0.311 e. The fourth-order valence-corrected chi connectivity index (χ4v) is 3.15. The van der Waals surface area contributed by atoms with Gasteiger partial charge in [-0.1, -0.05) is 54.6 Å². The Labute approximate surface area is 180 Å². The number of methoxy groups -OCH3 is 1. The average Bonchev–Trinajstić information content (AvgIpc) is 3.31. The van der Waals surface area contributed by atoms with Crippen molar-refractivity contribution in [1.82, 2.24) is 10.2 Å². The second kappa shape index (κ2) is 9.26. The number of hydrogen-bond donors (Lipinski definition) is 0. The predicted octanol–water partition coefficient (Wildman–Crippen LogP) is 5.26. The molecule has 0 bridgehead atoms. The SMILES string of the molecule is COc1ccc(-c2nnc([C@@H](C)OC(=O)Cc3ccc(-c4ccccc4)cc3)o2)cc1. The summed E-state index contributed by atoms with van der Waals surface area (Å²) < 4.78 is 16.3. The third-order valence-electron chi connectivity index (χ3n) is 4.84. The highest BCUT2D eigenvalue weighted by molar-refractivity contribution is 5.73. The van der Waals surface area contributed by atoms with Crippen LogP contribution in [0.1, 0.15) is 24.5 Å². The Morgan fingerprint density at radius 1 is 0.871 bits per heavy atom. The zero-order valence-electron chi connectivity index (χ0n) is 17.3. The minimum atomic E-state index is -0.643. The monoisotopic (exact) mass is 414 g/mol. The molecular formula is C25H22N2O4. The highest BCUT2D eigenvalue weighted by atomic mass is 16.6. The van der Waals surface area contributed by atoms with Crippen molar-refractivity contribution in [3.63, 3.8) is 0 Å². The molecule has 3 aromatic carbocycles. The lowest BCUT2D eigenvalue weighted by Gasteiger charge is -2.10. The molecule has 4 rings (SSSR count). The first-order valence-corrected chi connectivity index (χ1v) is 9.94. The molecule has 0 aliphatic rings. The van der Waals surface area contributed by atoms with E-state index in [2.05, 4.69) is 22.3 Å². The summed E-state index contributed by atoms with van der Waals surface area (Å²) in [5, 5.41) is 8.06. The van der Waals surface area contributed by atoms with Gasteiger partial charge in [0, 0.05) is 5.56 Å². The van der Waals surface area contributed by atoms with E-state index >= 15 is 0 Å². The van der Waals surface area contributed by atoms with Crippen LogP contribution in [0.4, 0.5) is 0 Å². The first kappa shape index (κ1) is 20.3. The van der Waals surface area contributed by atoms with E-state index in [1.54, 1.807) is 14.0 Å². The highest BCUT2D eigenvalue weighted by Gasteiger charge is 2.19. The second-order valence-corrected chi connectivity index (χ2v) is 7.05. The van der Waals surface area contributed by atoms with Gasteiger partial charge in [-0.25, -0.2) is 0 Å². The molecule has 31 heavy (non-hydrogen) atoms. The van der Waals surface area contributed by atoms with Crippen LogP contribution in [0.5, 0.6) is 5.75 Å². The molecule has 1 atom stereocenters. The van der Waals surface area contributed by atoms with Crippen molar-refractivity contribution in [3.8, 4) is 28.3 Å². The van der Waals surface area contributed by atoms with Gasteiger partial charge in [0.1, 0.15) is 5.75 Å². The van der Waals surface area contributed by atoms with Gasteiger partial charge in [-0.3, -0.25) is 4.79 Å². The summed E-state index contributed by atoms with van der Waals surface area (Å²) in [5.74, 6) is 0.988. The van der Waals surface area contributed by atoms with Gasteiger partial charge in [0.2, 0.25) is 5.89 Å². The lowest BCUT2D eigenvalue weighted by molar-refractivity contribution is -0.148. The van der Waals surface area contributed by atoms with E-state index in [9.17, 15) is 4.79 Å². The van der Waals surface area contributed by atoms with Gasteiger partial charge in [0.05, 0.1) is 13.5 Å². The molecule has 1 heterocycles. The van der Waals surface area contributed by atoms with E-state index in [1.807, 2.05) is 66.7 Å². The molecule has 0 unspecified atom stereocenters. The van der Waals surface area contributed by atoms with E-state index < -0.39 is 6.10 Å². The molecule has 0 N–H and O–H groups in total. The van der Waals surface area contributed by atoms with E-state index in [0.29, 0.717) is 5.89 Å². The van der Waals surface area contributed by atoms with E-state index in [1.165, 1.54) is 0 Å². The predicted molar refractivity (Wildman–Crippen MR) is 116 cm³/mol. The second-order valence-electron chi connectivity index (χ2n) is 7.05. The van der Waals surface area contributed by atoms with Crippen molar-refractivity contribution < 1.29 is 18.7 Å². The van der Waals surface area contributed by atoms with Crippen LogP contribution < -0.4 is 4.74 Å². The summed E-state index contributed by atoms with van der Waals surface area (Å²) in [6.07, 6.45) is -0.477. The molecular weight excluding hydrogens is 392 g/mol. The van der Waals surface area contributed by atoms with Gasteiger partial charge >= 0.3 is 5.97 Å². The Kier molecular flexibility index (Phi) is 6.08. The maximum atomic E-state index is 12.4. The third kappa shape index (κ3) is 4.98. The minimum Gasteiger partial charge on any atom is -0.497 e. The van der Waals surface area contributed by atoms with Crippen LogP contribution >= 0.6 is 0 Å². The van der Waals surface area contributed by atoms with Gasteiger partial charge in [-0.2, -0.15) is 0 Å². The number of aromatic nitrogens is 2. The van der Waals surface area contributed by atoms with Crippen LogP contribution in [0.25, 0.3) is 22.6 Å². The van der Waals surface area contributed by atoms with Crippen LogP contribution in [0.2, 0.25) is 0 Å². The van der Waals surface area contributed by atoms with Crippen molar-refractivity contribution >= 4 is 5.97 Å². The summed E-state index contributed by atoms with van der Waals surface area (Å²) in [6, 6.07) is 25.2. The zero-order chi connectivity index (χ0) is 21.6. The normalized spacial score (nSPS) is 11.7. The molecule has 4 aromatic rings. The molecule has 0 spiro atoms. The van der Waals surface area contributed by atoms with Gasteiger partial charge in [-0.15, -0.1) is 10.2 Å². The number of esters is 1. The topological polar surface area (TPSA) is 74.5 Å². The van der Waals surface area contributed by atoms with Gasteiger partial charge in [0.15, 0.2) is 6.10 Å². The van der Waals surface area contributed by atoms with Crippen molar-refractivity contribution in [1.29, 1.82) is 0 Å². The Balaban J connectivity index is 1.36. The van der Waals surface area contributed by atoms with Crippen LogP contribution in [0.15, 0.2) is 83.3 Å². The fraction of sp³-hybridized carbons (Fsp3) is 0.160. The first-order valence-electron chi connectivity index (χ1n) is 9.94. The Bertz CT molecular complexity index is 1140. The number of rotatable bonds is 7. The molecule has 0 radical (unpaired) electrons. The molecule has 0 saturated carbocycles. The first-order chi connectivity index (χ1) is 15.1. The number of carbonyl (C=O) groups excluding carboxylic acids is 1. The maximum Gasteiger partial charge on any atom is 0.311 e. The molecule has 0 saturated heterocycles. The van der Waals surface area contributed by atoms with Crippen LogP contribution in [0.3, 0.4) is 0 Å². The number of carbonyl (C=O) groups is 1. The summed E-state index contributed by atoms with van der Waals surface area (Å²) in [5.41, 5.74) is 3.87. The molecule has 1 aromatic heterocycles. The third-order valence-corrected chi connectivity index (χ3v) is 4.84. The maximum absolute atomic E-state index is 12.4. The minimum absolute atomic E-state index is 0.166.